The molecular weight excluding hydrogens is 518 g/mol. The lowest BCUT2D eigenvalue weighted by Crippen LogP contribution is -2.38. The summed E-state index contributed by atoms with van der Waals surface area (Å²) >= 11 is 0. The van der Waals surface area contributed by atoms with E-state index in [2.05, 4.69) is 42.3 Å². The molecule has 1 saturated heterocycles. The van der Waals surface area contributed by atoms with Gasteiger partial charge >= 0.3 is 0 Å². The van der Waals surface area contributed by atoms with Gasteiger partial charge in [-0.1, -0.05) is 12.1 Å². The SMILES string of the molecule is N#Cc1nccc(NC2CCN(Cc3ccc(-n4c(-c5cccnc5N)nc5cc(O)c(C#N)nc54)cc3)CC2)n1. The van der Waals surface area contributed by atoms with Crippen LogP contribution >= 0.6 is 0 Å². The van der Waals surface area contributed by atoms with E-state index in [1.807, 2.05) is 34.9 Å². The predicted octanol–water partition coefficient (Wildman–Crippen LogP) is 3.38. The number of aromatic hydroxyl groups is 1. The van der Waals surface area contributed by atoms with Gasteiger partial charge in [-0.05, 0) is 48.7 Å². The van der Waals surface area contributed by atoms with Gasteiger partial charge in [0.1, 0.15) is 29.3 Å². The van der Waals surface area contributed by atoms with Gasteiger partial charge in [-0.2, -0.15) is 10.5 Å². The lowest BCUT2D eigenvalue weighted by molar-refractivity contribution is 0.211. The van der Waals surface area contributed by atoms with E-state index in [1.165, 1.54) is 6.07 Å². The van der Waals surface area contributed by atoms with Crippen LogP contribution in [0.1, 0.15) is 29.9 Å². The van der Waals surface area contributed by atoms with Gasteiger partial charge in [0.25, 0.3) is 0 Å². The van der Waals surface area contributed by atoms with E-state index >= 15 is 0 Å². The number of nitrogens with zero attached hydrogens (tertiary/aromatic N) is 9. The Bertz CT molecular complexity index is 1810. The summed E-state index contributed by atoms with van der Waals surface area (Å²) in [4.78, 5) is 23.8. The van der Waals surface area contributed by atoms with Crippen molar-refractivity contribution < 1.29 is 5.11 Å². The third-order valence-corrected chi connectivity index (χ3v) is 7.09. The molecule has 41 heavy (non-hydrogen) atoms. The van der Waals surface area contributed by atoms with Crippen LogP contribution in [0, 0.1) is 22.7 Å². The Balaban J connectivity index is 1.21. The molecule has 4 N–H and O–H groups in total. The van der Waals surface area contributed by atoms with E-state index in [4.69, 9.17) is 16.0 Å². The van der Waals surface area contributed by atoms with Crippen molar-refractivity contribution in [3.8, 4) is 35.0 Å². The average molecular weight is 544 g/mol. The van der Waals surface area contributed by atoms with Crippen molar-refractivity contribution in [2.24, 2.45) is 0 Å². The molecule has 0 bridgehead atoms. The summed E-state index contributed by atoms with van der Waals surface area (Å²) in [6.45, 7) is 2.66. The monoisotopic (exact) mass is 543 g/mol. The number of nitrogens with one attached hydrogen (secondary N) is 1. The van der Waals surface area contributed by atoms with Gasteiger partial charge in [0.2, 0.25) is 5.82 Å². The van der Waals surface area contributed by atoms with E-state index < -0.39 is 0 Å². The Morgan fingerprint density at radius 1 is 0.976 bits per heavy atom. The topological polar surface area (TPSA) is 178 Å². The molecule has 4 aromatic heterocycles. The Kier molecular flexibility index (Phi) is 6.81. The van der Waals surface area contributed by atoms with Crippen molar-refractivity contribution in [2.75, 3.05) is 24.1 Å². The summed E-state index contributed by atoms with van der Waals surface area (Å²) in [6.07, 6.45) is 5.12. The van der Waals surface area contributed by atoms with Crippen molar-refractivity contribution in [1.29, 1.82) is 10.5 Å². The number of nitrogen functional groups attached to an aromatic ring is 1. The number of rotatable bonds is 6. The Morgan fingerprint density at radius 3 is 2.51 bits per heavy atom. The molecule has 0 unspecified atom stereocenters. The number of aromatic nitrogens is 6. The van der Waals surface area contributed by atoms with Gasteiger partial charge in [0.05, 0.1) is 5.56 Å². The zero-order chi connectivity index (χ0) is 28.3. The molecule has 5 heterocycles. The number of imidazole rings is 1. The first-order valence-corrected chi connectivity index (χ1v) is 13.1. The second-order valence-electron chi connectivity index (χ2n) is 9.76. The van der Waals surface area contributed by atoms with Crippen LogP contribution in [-0.4, -0.2) is 58.6 Å². The van der Waals surface area contributed by atoms with E-state index in [9.17, 15) is 10.4 Å². The van der Waals surface area contributed by atoms with E-state index in [-0.39, 0.29) is 23.3 Å². The summed E-state index contributed by atoms with van der Waals surface area (Å²) in [7, 11) is 0. The number of hydrogen-bond acceptors (Lipinski definition) is 11. The molecule has 1 aromatic carbocycles. The molecule has 0 radical (unpaired) electrons. The second-order valence-corrected chi connectivity index (χ2v) is 9.76. The quantitative estimate of drug-likeness (QED) is 0.286. The predicted molar refractivity (Wildman–Crippen MR) is 152 cm³/mol. The molecule has 6 rings (SSSR count). The van der Waals surface area contributed by atoms with Gasteiger partial charge in [-0.3, -0.25) is 9.47 Å². The van der Waals surface area contributed by atoms with E-state index in [0.29, 0.717) is 34.2 Å². The van der Waals surface area contributed by atoms with Gasteiger partial charge < -0.3 is 16.2 Å². The zero-order valence-electron chi connectivity index (χ0n) is 21.9. The highest BCUT2D eigenvalue weighted by Crippen LogP contribution is 2.32. The van der Waals surface area contributed by atoms with Gasteiger partial charge in [0.15, 0.2) is 22.9 Å². The maximum absolute atomic E-state index is 10.2. The van der Waals surface area contributed by atoms with Crippen LogP contribution in [0.2, 0.25) is 0 Å². The highest BCUT2D eigenvalue weighted by atomic mass is 16.3. The molecule has 0 saturated carbocycles. The molecule has 202 valence electrons. The maximum atomic E-state index is 10.2. The number of anilines is 2. The minimum atomic E-state index is -0.228. The standard InChI is InChI=1S/C29H25N11O/c30-15-23-24(41)14-22-29(37-23)40(28(36-22)21-2-1-10-34-27(21)32)20-5-3-18(4-6-20)17-39-12-8-19(9-13-39)35-25-7-11-33-26(16-31)38-25/h1-7,10-11,14,19,41H,8-9,12-13,17H2,(H2,32,34)(H,33,35,38). The van der Waals surface area contributed by atoms with E-state index in [0.717, 1.165) is 43.7 Å². The fourth-order valence-corrected chi connectivity index (χ4v) is 5.05. The van der Waals surface area contributed by atoms with Gasteiger partial charge in [-0.25, -0.2) is 24.9 Å². The molecule has 5 aromatic rings. The lowest BCUT2D eigenvalue weighted by atomic mass is 10.0. The first kappa shape index (κ1) is 25.7. The smallest absolute Gasteiger partial charge is 0.234 e. The van der Waals surface area contributed by atoms with Crippen molar-refractivity contribution in [1.82, 2.24) is 34.4 Å². The third-order valence-electron chi connectivity index (χ3n) is 7.09. The number of pyridine rings is 2. The molecule has 12 nitrogen and oxygen atoms in total. The molecule has 1 aliphatic rings. The minimum absolute atomic E-state index is 0.0795. The maximum Gasteiger partial charge on any atom is 0.234 e. The van der Waals surface area contributed by atoms with Crippen LogP contribution < -0.4 is 11.1 Å². The Morgan fingerprint density at radius 2 is 1.78 bits per heavy atom. The zero-order valence-corrected chi connectivity index (χ0v) is 21.9. The summed E-state index contributed by atoms with van der Waals surface area (Å²) < 4.78 is 1.83. The normalized spacial score (nSPS) is 14.0. The minimum Gasteiger partial charge on any atom is -0.505 e. The fraction of sp³-hybridized carbons (Fsp3) is 0.207. The van der Waals surface area contributed by atoms with Gasteiger partial charge in [0, 0.05) is 49.8 Å². The number of likely N-dealkylation sites (tertiary alicyclic amines) is 1. The first-order valence-electron chi connectivity index (χ1n) is 13.1. The van der Waals surface area contributed by atoms with Gasteiger partial charge in [-0.15, -0.1) is 0 Å². The van der Waals surface area contributed by atoms with Crippen molar-refractivity contribution in [3.63, 3.8) is 0 Å². The summed E-state index contributed by atoms with van der Waals surface area (Å²) in [5.41, 5.74) is 9.55. The molecule has 12 heteroatoms. The van der Waals surface area contributed by atoms with Crippen molar-refractivity contribution >= 4 is 22.8 Å². The molecule has 0 atom stereocenters. The largest absolute Gasteiger partial charge is 0.505 e. The number of nitrogens with two attached hydrogens (primary N) is 1. The summed E-state index contributed by atoms with van der Waals surface area (Å²) in [5.74, 6) is 1.44. The molecule has 0 aliphatic carbocycles. The van der Waals surface area contributed by atoms with Crippen molar-refractivity contribution in [2.45, 2.75) is 25.4 Å². The number of hydrogen-bond donors (Lipinski definition) is 3. The Hall–Kier alpha value is -5.59. The van der Waals surface area contributed by atoms with Crippen LogP contribution in [0.3, 0.4) is 0 Å². The number of piperidine rings is 1. The molecule has 0 amide bonds. The number of nitriles is 2. The molecular formula is C29H25N11O. The molecule has 1 fully saturated rings. The molecule has 1 aliphatic heterocycles. The summed E-state index contributed by atoms with van der Waals surface area (Å²) in [6, 6.07) is 19.1. The fourth-order valence-electron chi connectivity index (χ4n) is 5.05. The lowest BCUT2D eigenvalue weighted by Gasteiger charge is -2.32. The van der Waals surface area contributed by atoms with E-state index in [1.54, 1.807) is 24.5 Å². The van der Waals surface area contributed by atoms with Crippen LogP contribution in [0.25, 0.3) is 28.2 Å². The van der Waals surface area contributed by atoms with Crippen LogP contribution in [-0.2, 0) is 6.54 Å². The highest BCUT2D eigenvalue weighted by molar-refractivity contribution is 5.84. The second kappa shape index (κ2) is 10.9. The number of benzene rings is 1. The van der Waals surface area contributed by atoms with Crippen molar-refractivity contribution in [3.05, 3.63) is 78.0 Å². The highest BCUT2D eigenvalue weighted by Gasteiger charge is 2.22. The average Bonchev–Trinajstić information content (AvgIpc) is 3.36. The summed E-state index contributed by atoms with van der Waals surface area (Å²) in [5, 5.41) is 32.1. The molecule has 0 spiro atoms. The number of fused-ring (bicyclic) bond motifs is 1. The van der Waals surface area contributed by atoms with Crippen LogP contribution in [0.4, 0.5) is 11.6 Å². The first-order chi connectivity index (χ1) is 20.0. The Labute approximate surface area is 235 Å². The van der Waals surface area contributed by atoms with Crippen LogP contribution in [0.15, 0.2) is 60.9 Å². The third kappa shape index (κ3) is 5.20. The van der Waals surface area contributed by atoms with Crippen LogP contribution in [0.5, 0.6) is 5.75 Å².